The van der Waals surface area contributed by atoms with Crippen LogP contribution in [0.25, 0.3) is 20.5 Å². The minimum absolute atomic E-state index is 0.0626. The van der Waals surface area contributed by atoms with E-state index in [0.717, 1.165) is 31.8 Å². The smallest absolute Gasteiger partial charge is 0.266 e. The molecule has 0 saturated heterocycles. The molecule has 0 aliphatic heterocycles. The molecular weight excluding hydrogens is 286 g/mol. The second-order valence-corrected chi connectivity index (χ2v) is 5.38. The summed E-state index contributed by atoms with van der Waals surface area (Å²) in [5, 5.41) is 7.70. The highest BCUT2D eigenvalue weighted by atomic mass is 32.1. The van der Waals surface area contributed by atoms with E-state index in [1.165, 1.54) is 11.3 Å². The van der Waals surface area contributed by atoms with Gasteiger partial charge >= 0.3 is 0 Å². The van der Waals surface area contributed by atoms with Gasteiger partial charge in [-0.05, 0) is 18.6 Å². The Morgan fingerprint density at radius 2 is 2.19 bits per heavy atom. The van der Waals surface area contributed by atoms with Crippen LogP contribution in [0.3, 0.4) is 0 Å². The molecule has 3 rings (SSSR count). The number of pyridine rings is 1. The Labute approximate surface area is 126 Å². The van der Waals surface area contributed by atoms with Crippen molar-refractivity contribution >= 4 is 21.4 Å². The molecule has 3 aromatic rings. The lowest BCUT2D eigenvalue weighted by Gasteiger charge is -2.04. The van der Waals surface area contributed by atoms with Crippen molar-refractivity contribution in [3.8, 4) is 10.4 Å². The van der Waals surface area contributed by atoms with Gasteiger partial charge in [0, 0.05) is 34.8 Å². The third kappa shape index (κ3) is 2.81. The highest BCUT2D eigenvalue weighted by Gasteiger charge is 2.13. The van der Waals surface area contributed by atoms with Gasteiger partial charge in [0.2, 0.25) is 0 Å². The fourth-order valence-corrected chi connectivity index (χ4v) is 3.20. The van der Waals surface area contributed by atoms with Crippen molar-refractivity contribution in [3.05, 3.63) is 53.2 Å². The number of hydrogen-bond donors (Lipinski definition) is 2. The Morgan fingerprint density at radius 3 is 2.81 bits per heavy atom. The van der Waals surface area contributed by atoms with Crippen molar-refractivity contribution in [2.75, 3.05) is 7.11 Å². The highest BCUT2D eigenvalue weighted by Crippen LogP contribution is 2.33. The Bertz CT molecular complexity index is 787. The van der Waals surface area contributed by atoms with E-state index in [2.05, 4.69) is 28.3 Å². The van der Waals surface area contributed by atoms with Gasteiger partial charge in [0.25, 0.3) is 5.56 Å². The molecule has 0 saturated carbocycles. The minimum Gasteiger partial charge on any atom is -0.378 e. The predicted molar refractivity (Wildman–Crippen MR) is 86.7 cm³/mol. The first-order valence-corrected chi connectivity index (χ1v) is 7.15. The lowest BCUT2D eigenvalue weighted by atomic mass is 10.1. The molecule has 110 valence electrons. The summed E-state index contributed by atoms with van der Waals surface area (Å²) in [6.07, 6.45) is 3.58. The number of fused-ring (bicyclic) bond motifs is 1. The maximum atomic E-state index is 12.1. The summed E-state index contributed by atoms with van der Waals surface area (Å²) in [5.74, 6) is 0. The fourth-order valence-electron chi connectivity index (χ4n) is 2.10. The molecule has 0 aliphatic rings. The van der Waals surface area contributed by atoms with E-state index >= 15 is 0 Å². The molecule has 3 aromatic heterocycles. The Balaban J connectivity index is 0.000000774. The minimum atomic E-state index is -0.0626. The van der Waals surface area contributed by atoms with E-state index in [1.54, 1.807) is 13.3 Å². The third-order valence-corrected chi connectivity index (χ3v) is 4.31. The molecule has 3 heterocycles. The number of methoxy groups -OCH3 is 1. The average molecular weight is 303 g/mol. The van der Waals surface area contributed by atoms with E-state index in [9.17, 15) is 4.79 Å². The lowest BCUT2D eigenvalue weighted by molar-refractivity contribution is 0.181. The van der Waals surface area contributed by atoms with Crippen LogP contribution in [0.5, 0.6) is 0 Å². The number of ether oxygens (including phenoxy) is 1. The lowest BCUT2D eigenvalue weighted by Crippen LogP contribution is -2.10. The SMILES string of the molecule is C=C.COCc1[nH]c(=O)c2sc(-c3cn[nH]c3)cc2c1C. The van der Waals surface area contributed by atoms with Crippen molar-refractivity contribution in [3.63, 3.8) is 0 Å². The quantitative estimate of drug-likeness (QED) is 0.730. The molecule has 5 nitrogen and oxygen atoms in total. The number of aromatic nitrogens is 3. The van der Waals surface area contributed by atoms with Crippen LogP contribution in [-0.2, 0) is 11.3 Å². The molecule has 0 aromatic carbocycles. The summed E-state index contributed by atoms with van der Waals surface area (Å²) in [5.41, 5.74) is 2.82. The largest absolute Gasteiger partial charge is 0.378 e. The molecule has 0 bridgehead atoms. The molecular formula is C15H17N3O2S. The van der Waals surface area contributed by atoms with E-state index in [1.807, 2.05) is 19.2 Å². The maximum Gasteiger partial charge on any atom is 0.266 e. The van der Waals surface area contributed by atoms with Gasteiger partial charge < -0.3 is 9.72 Å². The Hall–Kier alpha value is -2.18. The van der Waals surface area contributed by atoms with Gasteiger partial charge in [0.1, 0.15) is 4.70 Å². The first-order chi connectivity index (χ1) is 10.2. The zero-order chi connectivity index (χ0) is 15.4. The summed E-state index contributed by atoms with van der Waals surface area (Å²) in [6.45, 7) is 8.41. The van der Waals surface area contributed by atoms with Crippen LogP contribution in [0.2, 0.25) is 0 Å². The molecule has 21 heavy (non-hydrogen) atoms. The van der Waals surface area contributed by atoms with Crippen LogP contribution in [0.15, 0.2) is 36.4 Å². The number of thiophene rings is 1. The molecule has 0 amide bonds. The van der Waals surface area contributed by atoms with Gasteiger partial charge in [0.15, 0.2) is 0 Å². The van der Waals surface area contributed by atoms with E-state index in [-0.39, 0.29) is 5.56 Å². The first-order valence-electron chi connectivity index (χ1n) is 6.34. The molecule has 2 N–H and O–H groups in total. The van der Waals surface area contributed by atoms with Crippen LogP contribution < -0.4 is 5.56 Å². The first kappa shape index (κ1) is 15.2. The fraction of sp³-hybridized carbons (Fsp3) is 0.200. The van der Waals surface area contributed by atoms with Gasteiger partial charge in [-0.2, -0.15) is 5.10 Å². The van der Waals surface area contributed by atoms with Crippen molar-refractivity contribution in [1.82, 2.24) is 15.2 Å². The number of rotatable bonds is 3. The monoisotopic (exact) mass is 303 g/mol. The molecule has 0 unspecified atom stereocenters. The second kappa shape index (κ2) is 6.51. The standard InChI is InChI=1S/C13H13N3O2S.C2H4/c1-7-9-3-11(8-4-14-15-5-8)19-12(9)13(17)16-10(7)6-18-2;1-2/h3-5H,6H2,1-2H3,(H,14,15)(H,16,17);1-2H2. The van der Waals surface area contributed by atoms with Gasteiger partial charge in [0.05, 0.1) is 12.8 Å². The van der Waals surface area contributed by atoms with Crippen LogP contribution in [0.1, 0.15) is 11.3 Å². The van der Waals surface area contributed by atoms with Crippen molar-refractivity contribution in [2.24, 2.45) is 0 Å². The van der Waals surface area contributed by atoms with Gasteiger partial charge in [-0.25, -0.2) is 0 Å². The van der Waals surface area contributed by atoms with Gasteiger partial charge in [-0.3, -0.25) is 9.89 Å². The number of nitrogens with zero attached hydrogens (tertiary/aromatic N) is 1. The molecule has 6 heteroatoms. The zero-order valence-corrected chi connectivity index (χ0v) is 12.8. The van der Waals surface area contributed by atoms with E-state index < -0.39 is 0 Å². The summed E-state index contributed by atoms with van der Waals surface area (Å²) in [6, 6.07) is 2.04. The number of aromatic amines is 2. The molecule has 0 atom stereocenters. The zero-order valence-electron chi connectivity index (χ0n) is 12.0. The highest BCUT2D eigenvalue weighted by molar-refractivity contribution is 7.22. The number of aryl methyl sites for hydroxylation is 1. The van der Waals surface area contributed by atoms with Crippen molar-refractivity contribution in [2.45, 2.75) is 13.5 Å². The van der Waals surface area contributed by atoms with Gasteiger partial charge in [-0.15, -0.1) is 24.5 Å². The third-order valence-electron chi connectivity index (χ3n) is 3.13. The Kier molecular flexibility index (Phi) is 4.72. The summed E-state index contributed by atoms with van der Waals surface area (Å²) in [7, 11) is 1.62. The van der Waals surface area contributed by atoms with Crippen molar-refractivity contribution in [1.29, 1.82) is 0 Å². The topological polar surface area (TPSA) is 70.8 Å². The summed E-state index contributed by atoms with van der Waals surface area (Å²) in [4.78, 5) is 16.0. The van der Waals surface area contributed by atoms with E-state index in [0.29, 0.717) is 6.61 Å². The van der Waals surface area contributed by atoms with Gasteiger partial charge in [-0.1, -0.05) is 0 Å². The number of H-pyrrole nitrogens is 2. The molecule has 0 aliphatic carbocycles. The number of nitrogens with one attached hydrogen (secondary N) is 2. The van der Waals surface area contributed by atoms with Crippen LogP contribution in [0.4, 0.5) is 0 Å². The average Bonchev–Trinajstić information content (AvgIpc) is 3.15. The normalized spacial score (nSPS) is 10.4. The van der Waals surface area contributed by atoms with Crippen LogP contribution in [0, 0.1) is 6.92 Å². The molecule has 0 radical (unpaired) electrons. The van der Waals surface area contributed by atoms with Crippen molar-refractivity contribution < 1.29 is 4.74 Å². The summed E-state index contributed by atoms with van der Waals surface area (Å²) < 4.78 is 5.85. The molecule has 0 fully saturated rings. The van der Waals surface area contributed by atoms with Crippen LogP contribution >= 0.6 is 11.3 Å². The number of hydrogen-bond acceptors (Lipinski definition) is 4. The molecule has 0 spiro atoms. The Morgan fingerprint density at radius 1 is 1.43 bits per heavy atom. The predicted octanol–water partition coefficient (Wildman–Crippen LogP) is 3.24. The van der Waals surface area contributed by atoms with Crippen LogP contribution in [-0.4, -0.2) is 22.3 Å². The second-order valence-electron chi connectivity index (χ2n) is 4.33. The van der Waals surface area contributed by atoms with E-state index in [4.69, 9.17) is 4.74 Å². The summed E-state index contributed by atoms with van der Waals surface area (Å²) >= 11 is 1.48. The maximum absolute atomic E-state index is 12.1.